The van der Waals surface area contributed by atoms with Crippen molar-refractivity contribution in [2.45, 2.75) is 0 Å². The molecular formula is C17H15N4NaO3S. The molecule has 0 amide bonds. The summed E-state index contributed by atoms with van der Waals surface area (Å²) in [4.78, 5) is 10.6. The van der Waals surface area contributed by atoms with Crippen LogP contribution in [0.3, 0.4) is 0 Å². The molecule has 1 heterocycles. The van der Waals surface area contributed by atoms with Gasteiger partial charge in [0.05, 0.1) is 5.69 Å². The molecule has 2 aromatic carbocycles. The van der Waals surface area contributed by atoms with Gasteiger partial charge in [0.2, 0.25) is 5.95 Å². The number of nitrogens with one attached hydrogen (secondary N) is 1. The van der Waals surface area contributed by atoms with Crippen LogP contribution in [-0.4, -0.2) is 30.0 Å². The zero-order chi connectivity index (χ0) is 17.9. The predicted molar refractivity (Wildman–Crippen MR) is 95.3 cm³/mol. The largest absolute Gasteiger partial charge is 1.00 e. The normalized spacial score (nSPS) is 10.7. The van der Waals surface area contributed by atoms with E-state index in [-0.39, 0.29) is 35.2 Å². The number of rotatable bonds is 5. The van der Waals surface area contributed by atoms with Gasteiger partial charge in [-0.15, -0.1) is 0 Å². The summed E-state index contributed by atoms with van der Waals surface area (Å²) in [6, 6.07) is 17.9. The molecule has 0 aliphatic rings. The van der Waals surface area contributed by atoms with Crippen molar-refractivity contribution in [1.82, 2.24) is 9.97 Å². The number of hydrogen-bond acceptors (Lipinski definition) is 6. The van der Waals surface area contributed by atoms with Gasteiger partial charge in [0.1, 0.15) is 0 Å². The van der Waals surface area contributed by atoms with Gasteiger partial charge in [0, 0.05) is 30.2 Å². The second-order valence-corrected chi connectivity index (χ2v) is 6.38. The van der Waals surface area contributed by atoms with Gasteiger partial charge in [-0.3, -0.25) is 4.72 Å². The summed E-state index contributed by atoms with van der Waals surface area (Å²) in [6.07, 6.45) is 1.68. The minimum Gasteiger partial charge on any atom is -0.731 e. The Morgan fingerprint density at radius 3 is 2.27 bits per heavy atom. The van der Waals surface area contributed by atoms with Gasteiger partial charge in [-0.2, -0.15) is 0 Å². The summed E-state index contributed by atoms with van der Waals surface area (Å²) < 4.78 is 34.0. The quantitative estimate of drug-likeness (QED) is 0.487. The molecule has 3 aromatic rings. The summed E-state index contributed by atoms with van der Waals surface area (Å²) in [6.45, 7) is 0. The first-order chi connectivity index (χ1) is 11.9. The van der Waals surface area contributed by atoms with E-state index in [0.29, 0.717) is 5.95 Å². The summed E-state index contributed by atoms with van der Waals surface area (Å²) in [7, 11) is -2.73. The topological polar surface area (TPSA) is 98.2 Å². The summed E-state index contributed by atoms with van der Waals surface area (Å²) in [5, 5.41) is 0. The van der Waals surface area contributed by atoms with Gasteiger partial charge in [-0.25, -0.2) is 18.4 Å². The molecule has 128 valence electrons. The van der Waals surface area contributed by atoms with Crippen molar-refractivity contribution in [1.29, 1.82) is 0 Å². The van der Waals surface area contributed by atoms with Crippen LogP contribution >= 0.6 is 0 Å². The van der Waals surface area contributed by atoms with Crippen LogP contribution < -0.4 is 39.2 Å². The molecule has 0 aliphatic heterocycles. The second-order valence-electron chi connectivity index (χ2n) is 5.27. The fourth-order valence-corrected chi connectivity index (χ4v) is 2.72. The maximum absolute atomic E-state index is 10.7. The Hall–Kier alpha value is -1.97. The molecule has 0 fully saturated rings. The summed E-state index contributed by atoms with van der Waals surface area (Å²) in [5.41, 5.74) is 2.73. The van der Waals surface area contributed by atoms with E-state index in [2.05, 4.69) is 9.97 Å². The van der Waals surface area contributed by atoms with Crippen molar-refractivity contribution in [3.63, 3.8) is 0 Å². The van der Waals surface area contributed by atoms with Crippen molar-refractivity contribution >= 4 is 27.6 Å². The molecule has 0 bridgehead atoms. The molecule has 0 saturated heterocycles. The Kier molecular flexibility index (Phi) is 6.74. The summed E-state index contributed by atoms with van der Waals surface area (Å²) >= 11 is 0. The van der Waals surface area contributed by atoms with Gasteiger partial charge >= 0.3 is 29.6 Å². The van der Waals surface area contributed by atoms with Crippen LogP contribution in [0.1, 0.15) is 0 Å². The van der Waals surface area contributed by atoms with E-state index < -0.39 is 10.3 Å². The van der Waals surface area contributed by atoms with E-state index in [4.69, 9.17) is 0 Å². The summed E-state index contributed by atoms with van der Waals surface area (Å²) in [5.74, 6) is 0.499. The average Bonchev–Trinajstić information content (AvgIpc) is 2.61. The first-order valence-corrected chi connectivity index (χ1v) is 8.79. The van der Waals surface area contributed by atoms with E-state index >= 15 is 0 Å². The van der Waals surface area contributed by atoms with Crippen molar-refractivity contribution < 1.29 is 42.5 Å². The van der Waals surface area contributed by atoms with E-state index in [0.717, 1.165) is 16.9 Å². The minimum atomic E-state index is -4.54. The molecule has 0 atom stereocenters. The van der Waals surface area contributed by atoms with Crippen LogP contribution in [0.2, 0.25) is 0 Å². The molecule has 1 aromatic heterocycles. The molecule has 1 N–H and O–H groups in total. The molecule has 0 saturated carbocycles. The van der Waals surface area contributed by atoms with E-state index in [1.165, 1.54) is 12.1 Å². The second kappa shape index (κ2) is 8.61. The average molecular weight is 378 g/mol. The minimum absolute atomic E-state index is 0. The van der Waals surface area contributed by atoms with Crippen molar-refractivity contribution in [2.75, 3.05) is 16.7 Å². The molecule has 3 rings (SSSR count). The SMILES string of the molecule is CN(c1ccc(NS(=O)(=O)[O-])cc1)c1nccc(-c2ccccc2)n1.[Na+]. The van der Waals surface area contributed by atoms with Gasteiger partial charge in [0.25, 0.3) is 0 Å². The molecule has 0 spiro atoms. The molecule has 26 heavy (non-hydrogen) atoms. The van der Waals surface area contributed by atoms with Crippen LogP contribution in [-0.2, 0) is 10.3 Å². The van der Waals surface area contributed by atoms with Gasteiger partial charge < -0.3 is 9.45 Å². The first kappa shape index (κ1) is 20.3. The van der Waals surface area contributed by atoms with Gasteiger partial charge in [-0.1, -0.05) is 30.3 Å². The Balaban J connectivity index is 0.00000243. The number of anilines is 3. The fraction of sp³-hybridized carbons (Fsp3) is 0.0588. The zero-order valence-electron chi connectivity index (χ0n) is 14.3. The third-order valence-corrected chi connectivity index (χ3v) is 4.00. The smallest absolute Gasteiger partial charge is 0.731 e. The third-order valence-electron chi connectivity index (χ3n) is 3.51. The van der Waals surface area contributed by atoms with Crippen LogP contribution in [0.5, 0.6) is 0 Å². The molecule has 0 aliphatic carbocycles. The van der Waals surface area contributed by atoms with E-state index in [1.54, 1.807) is 30.3 Å². The monoisotopic (exact) mass is 378 g/mol. The van der Waals surface area contributed by atoms with Crippen LogP contribution in [0.4, 0.5) is 17.3 Å². The molecular weight excluding hydrogens is 363 g/mol. The molecule has 0 unspecified atom stereocenters. The predicted octanol–water partition coefficient (Wildman–Crippen LogP) is -0.212. The van der Waals surface area contributed by atoms with Crippen LogP contribution in [0, 0.1) is 0 Å². The molecule has 0 radical (unpaired) electrons. The number of hydrogen-bond donors (Lipinski definition) is 1. The Morgan fingerprint density at radius 2 is 1.65 bits per heavy atom. The molecule has 9 heteroatoms. The Morgan fingerprint density at radius 1 is 1.00 bits per heavy atom. The van der Waals surface area contributed by atoms with Crippen molar-refractivity contribution in [3.05, 3.63) is 66.9 Å². The first-order valence-electron chi connectivity index (χ1n) is 7.38. The fourth-order valence-electron chi connectivity index (χ4n) is 2.29. The maximum atomic E-state index is 10.7. The Labute approximate surface area is 174 Å². The zero-order valence-corrected chi connectivity index (χ0v) is 17.1. The van der Waals surface area contributed by atoms with E-state index in [9.17, 15) is 13.0 Å². The standard InChI is InChI=1S/C17H16N4O3S.Na/c1-21(15-9-7-14(8-10-15)20-25(22,23)24)17-18-12-11-16(19-17)13-5-3-2-4-6-13;/h2-12,20H,1H3,(H,22,23,24);/q;+1/p-1. The maximum Gasteiger partial charge on any atom is 1.00 e. The number of aromatic nitrogens is 2. The third kappa shape index (κ3) is 5.26. The molecule has 7 nitrogen and oxygen atoms in total. The Bertz CT molecular complexity index is 967. The van der Waals surface area contributed by atoms with Crippen LogP contribution in [0.15, 0.2) is 66.9 Å². The van der Waals surface area contributed by atoms with Gasteiger partial charge in [0.15, 0.2) is 10.3 Å². The van der Waals surface area contributed by atoms with E-state index in [1.807, 2.05) is 41.1 Å². The van der Waals surface area contributed by atoms with Crippen molar-refractivity contribution in [2.24, 2.45) is 0 Å². The van der Waals surface area contributed by atoms with Gasteiger partial charge in [-0.05, 0) is 30.3 Å². The van der Waals surface area contributed by atoms with Crippen molar-refractivity contribution in [3.8, 4) is 11.3 Å². The number of benzene rings is 2. The number of nitrogens with zero attached hydrogens (tertiary/aromatic N) is 3. The van der Waals surface area contributed by atoms with Crippen LogP contribution in [0.25, 0.3) is 11.3 Å².